The topological polar surface area (TPSA) is 12.4 Å². The second-order valence-corrected chi connectivity index (χ2v) is 15.1. The number of nitrogens with zero attached hydrogens (tertiary/aromatic N) is 1. The zero-order valence-corrected chi connectivity index (χ0v) is 13.5. The fraction of sp³-hybridized carbons (Fsp3) is 0.533. The van der Waals surface area contributed by atoms with Crippen molar-refractivity contribution in [3.8, 4) is 0 Å². The van der Waals surface area contributed by atoms with Gasteiger partial charge in [-0.25, -0.2) is 0 Å². The Kier molecular flexibility index (Phi) is 4.68. The minimum atomic E-state index is -1.11. The van der Waals surface area contributed by atoms with E-state index >= 15 is 0 Å². The minimum Gasteiger partial charge on any atom is -0.258 e. The van der Waals surface area contributed by atoms with Crippen LogP contribution in [0.3, 0.4) is 0 Å². The van der Waals surface area contributed by atoms with Crippen LogP contribution < -0.4 is 0 Å². The van der Waals surface area contributed by atoms with E-state index in [4.69, 9.17) is 4.99 Å². The monoisotopic (exact) mass is 277 g/mol. The molecule has 1 aromatic carbocycles. The molecule has 0 bridgehead atoms. The molecule has 0 radical (unpaired) electrons. The van der Waals surface area contributed by atoms with Crippen molar-refractivity contribution in [3.05, 3.63) is 24.3 Å². The Morgan fingerprint density at radius 3 is 2.44 bits per heavy atom. The van der Waals surface area contributed by atoms with Gasteiger partial charge in [0.1, 0.15) is 7.22 Å². The van der Waals surface area contributed by atoms with Gasteiger partial charge in [0, 0.05) is 10.6 Å². The third-order valence-corrected chi connectivity index (χ3v) is 6.61. The first-order valence-corrected chi connectivity index (χ1v) is 11.9. The van der Waals surface area contributed by atoms with Gasteiger partial charge in [0.25, 0.3) is 0 Å². The standard InChI is InChI=1S/C15H23NSSi/c1-18(2,3)17-15-11-7-10-14(12-15)16-13-8-5-4-6-9-13/h7,10-12H,4-6,8-9H2,1-3H3. The summed E-state index contributed by atoms with van der Waals surface area (Å²) in [5, 5.41) is 0. The molecule has 0 N–H and O–H groups in total. The lowest BCUT2D eigenvalue weighted by Crippen LogP contribution is -2.13. The summed E-state index contributed by atoms with van der Waals surface area (Å²) in [7, 11) is -1.11. The van der Waals surface area contributed by atoms with Crippen LogP contribution in [0.25, 0.3) is 0 Å². The largest absolute Gasteiger partial charge is 0.258 e. The lowest BCUT2D eigenvalue weighted by molar-refractivity contribution is 0.667. The fourth-order valence-electron chi connectivity index (χ4n) is 2.22. The molecule has 1 aliphatic carbocycles. The van der Waals surface area contributed by atoms with E-state index in [-0.39, 0.29) is 0 Å². The van der Waals surface area contributed by atoms with Crippen LogP contribution in [0, 0.1) is 0 Å². The van der Waals surface area contributed by atoms with Crippen molar-refractivity contribution in [1.82, 2.24) is 0 Å². The lowest BCUT2D eigenvalue weighted by atomic mass is 9.98. The molecular weight excluding hydrogens is 254 g/mol. The van der Waals surface area contributed by atoms with Gasteiger partial charge in [-0.05, 0) is 43.9 Å². The molecular formula is C15H23NSSi. The molecule has 98 valence electrons. The van der Waals surface area contributed by atoms with Crippen LogP contribution >= 0.6 is 11.2 Å². The first-order chi connectivity index (χ1) is 8.53. The molecule has 0 spiro atoms. The molecule has 1 aromatic rings. The number of benzene rings is 1. The van der Waals surface area contributed by atoms with Gasteiger partial charge >= 0.3 is 0 Å². The van der Waals surface area contributed by atoms with Gasteiger partial charge in [0.05, 0.1) is 5.69 Å². The molecule has 1 aliphatic rings. The van der Waals surface area contributed by atoms with Gasteiger partial charge < -0.3 is 0 Å². The second kappa shape index (κ2) is 6.07. The van der Waals surface area contributed by atoms with Crippen LogP contribution in [-0.4, -0.2) is 12.9 Å². The molecule has 0 unspecified atom stereocenters. The van der Waals surface area contributed by atoms with Crippen molar-refractivity contribution in [2.45, 2.75) is 56.6 Å². The quantitative estimate of drug-likeness (QED) is 0.650. The minimum absolute atomic E-state index is 1.11. The van der Waals surface area contributed by atoms with E-state index in [1.807, 2.05) is 11.2 Å². The van der Waals surface area contributed by atoms with E-state index in [1.165, 1.54) is 42.7 Å². The van der Waals surface area contributed by atoms with E-state index in [0.29, 0.717) is 0 Å². The van der Waals surface area contributed by atoms with Gasteiger partial charge in [-0.15, -0.1) is 0 Å². The highest BCUT2D eigenvalue weighted by Gasteiger charge is 2.15. The maximum atomic E-state index is 4.83. The Hall–Kier alpha value is -0.543. The maximum absolute atomic E-state index is 4.83. The summed E-state index contributed by atoms with van der Waals surface area (Å²) in [4.78, 5) is 6.21. The zero-order valence-electron chi connectivity index (χ0n) is 11.7. The highest BCUT2D eigenvalue weighted by Crippen LogP contribution is 2.31. The molecule has 0 aromatic heterocycles. The molecule has 0 heterocycles. The van der Waals surface area contributed by atoms with Crippen LogP contribution in [0.2, 0.25) is 19.6 Å². The Labute approximate surface area is 116 Å². The van der Waals surface area contributed by atoms with Crippen LogP contribution in [0.4, 0.5) is 5.69 Å². The normalized spacial score (nSPS) is 16.7. The first-order valence-electron chi connectivity index (χ1n) is 6.88. The van der Waals surface area contributed by atoms with Crippen LogP contribution in [0.5, 0.6) is 0 Å². The van der Waals surface area contributed by atoms with Gasteiger partial charge in [-0.2, -0.15) is 11.2 Å². The highest BCUT2D eigenvalue weighted by molar-refractivity contribution is 8.28. The predicted molar refractivity (Wildman–Crippen MR) is 85.8 cm³/mol. The van der Waals surface area contributed by atoms with Gasteiger partial charge in [-0.1, -0.05) is 32.1 Å². The molecule has 0 saturated heterocycles. The van der Waals surface area contributed by atoms with E-state index in [0.717, 1.165) is 5.69 Å². The van der Waals surface area contributed by atoms with Crippen molar-refractivity contribution in [3.63, 3.8) is 0 Å². The summed E-state index contributed by atoms with van der Waals surface area (Å²) < 4.78 is 0. The lowest BCUT2D eigenvalue weighted by Gasteiger charge is -2.16. The Morgan fingerprint density at radius 2 is 1.78 bits per heavy atom. The van der Waals surface area contributed by atoms with Crippen LogP contribution in [0.15, 0.2) is 34.2 Å². The first kappa shape index (κ1) is 13.9. The molecule has 0 aliphatic heterocycles. The summed E-state index contributed by atoms with van der Waals surface area (Å²) in [6.45, 7) is 7.16. The molecule has 1 saturated carbocycles. The predicted octanol–water partition coefficient (Wildman–Crippen LogP) is 5.65. The van der Waals surface area contributed by atoms with Gasteiger partial charge in [0.2, 0.25) is 0 Å². The average molecular weight is 278 g/mol. The van der Waals surface area contributed by atoms with E-state index in [2.05, 4.69) is 43.9 Å². The molecule has 0 amide bonds. The zero-order chi connectivity index (χ0) is 13.0. The summed E-state index contributed by atoms with van der Waals surface area (Å²) in [5.41, 5.74) is 2.55. The average Bonchev–Trinajstić information content (AvgIpc) is 2.28. The molecule has 1 nitrogen and oxygen atoms in total. The number of hydrogen-bond acceptors (Lipinski definition) is 2. The van der Waals surface area contributed by atoms with E-state index < -0.39 is 7.22 Å². The van der Waals surface area contributed by atoms with Crippen molar-refractivity contribution >= 4 is 29.8 Å². The van der Waals surface area contributed by atoms with Crippen molar-refractivity contribution < 1.29 is 0 Å². The number of aliphatic imine (C=N–C) groups is 1. The summed E-state index contributed by atoms with van der Waals surface area (Å²) in [5.74, 6) is 0. The van der Waals surface area contributed by atoms with Crippen LogP contribution in [-0.2, 0) is 0 Å². The molecule has 1 fully saturated rings. The Balaban J connectivity index is 2.11. The summed E-state index contributed by atoms with van der Waals surface area (Å²) in [6, 6.07) is 8.75. The highest BCUT2D eigenvalue weighted by atomic mass is 32.4. The maximum Gasteiger partial charge on any atom is 0.114 e. The fourth-order valence-corrected chi connectivity index (χ4v) is 5.76. The van der Waals surface area contributed by atoms with Gasteiger partial charge in [0.15, 0.2) is 0 Å². The smallest absolute Gasteiger partial charge is 0.114 e. The number of rotatable bonds is 3. The summed E-state index contributed by atoms with van der Waals surface area (Å²) in [6.07, 6.45) is 6.42. The SMILES string of the molecule is C[Si](C)(C)Sc1cccc(N=C2CCCCC2)c1. The van der Waals surface area contributed by atoms with E-state index in [1.54, 1.807) is 0 Å². The summed E-state index contributed by atoms with van der Waals surface area (Å²) >= 11 is 2.05. The van der Waals surface area contributed by atoms with Gasteiger partial charge in [-0.3, -0.25) is 4.99 Å². The van der Waals surface area contributed by atoms with E-state index in [9.17, 15) is 0 Å². The van der Waals surface area contributed by atoms with Crippen LogP contribution in [0.1, 0.15) is 32.1 Å². The van der Waals surface area contributed by atoms with Crippen molar-refractivity contribution in [1.29, 1.82) is 0 Å². The van der Waals surface area contributed by atoms with Crippen molar-refractivity contribution in [2.24, 2.45) is 4.99 Å². The molecule has 18 heavy (non-hydrogen) atoms. The Morgan fingerprint density at radius 1 is 1.06 bits per heavy atom. The molecule has 2 rings (SSSR count). The third kappa shape index (κ3) is 4.62. The molecule has 3 heteroatoms. The second-order valence-electron chi connectivity index (χ2n) is 5.95. The Bertz CT molecular complexity index is 426. The van der Waals surface area contributed by atoms with Crippen molar-refractivity contribution in [2.75, 3.05) is 0 Å². The number of hydrogen-bond donors (Lipinski definition) is 0. The third-order valence-electron chi connectivity index (χ3n) is 2.96. The molecule has 0 atom stereocenters.